The summed E-state index contributed by atoms with van der Waals surface area (Å²) in [5.41, 5.74) is 2.69. The summed E-state index contributed by atoms with van der Waals surface area (Å²) in [4.78, 5) is 4.56. The standard InChI is InChI=1S/C11H19N3/c1-8-11-10(7-12-3)5-4-6-14(11)9(2)13-8/h10,12H,4-7H2,1-3H3. The maximum atomic E-state index is 4.56. The van der Waals surface area contributed by atoms with Gasteiger partial charge in [-0.15, -0.1) is 0 Å². The smallest absolute Gasteiger partial charge is 0.106 e. The minimum atomic E-state index is 0.662. The number of fused-ring (bicyclic) bond motifs is 1. The van der Waals surface area contributed by atoms with Gasteiger partial charge in [0.2, 0.25) is 0 Å². The molecule has 1 atom stereocenters. The molecule has 1 aromatic heterocycles. The van der Waals surface area contributed by atoms with Crippen LogP contribution in [0.5, 0.6) is 0 Å². The van der Waals surface area contributed by atoms with Crippen molar-refractivity contribution in [1.29, 1.82) is 0 Å². The molecule has 0 aromatic carbocycles. The number of likely N-dealkylation sites (N-methyl/N-ethyl adjacent to an activating group) is 1. The molecule has 0 saturated heterocycles. The lowest BCUT2D eigenvalue weighted by molar-refractivity contribution is 0.436. The quantitative estimate of drug-likeness (QED) is 0.773. The highest BCUT2D eigenvalue weighted by molar-refractivity contribution is 5.22. The van der Waals surface area contributed by atoms with Crippen LogP contribution in [0.3, 0.4) is 0 Å². The summed E-state index contributed by atoms with van der Waals surface area (Å²) in [6, 6.07) is 0. The van der Waals surface area contributed by atoms with Crippen molar-refractivity contribution in [2.75, 3.05) is 13.6 Å². The van der Waals surface area contributed by atoms with Gasteiger partial charge < -0.3 is 9.88 Å². The van der Waals surface area contributed by atoms with E-state index in [1.165, 1.54) is 30.1 Å². The molecule has 1 aromatic rings. The zero-order chi connectivity index (χ0) is 10.1. The number of hydrogen-bond acceptors (Lipinski definition) is 2. The molecule has 0 radical (unpaired) electrons. The van der Waals surface area contributed by atoms with Crippen LogP contribution in [0.25, 0.3) is 0 Å². The third-order valence-electron chi connectivity index (χ3n) is 3.15. The highest BCUT2D eigenvalue weighted by Gasteiger charge is 2.23. The lowest BCUT2D eigenvalue weighted by atomic mass is 9.94. The first-order chi connectivity index (χ1) is 6.74. The van der Waals surface area contributed by atoms with Crippen molar-refractivity contribution in [3.05, 3.63) is 17.2 Å². The number of aryl methyl sites for hydroxylation is 2. The first kappa shape index (κ1) is 9.71. The third-order valence-corrected chi connectivity index (χ3v) is 3.15. The van der Waals surface area contributed by atoms with Gasteiger partial charge in [0, 0.05) is 24.7 Å². The second kappa shape index (κ2) is 3.73. The molecule has 0 bridgehead atoms. The van der Waals surface area contributed by atoms with Crippen molar-refractivity contribution < 1.29 is 0 Å². The van der Waals surface area contributed by atoms with E-state index >= 15 is 0 Å². The van der Waals surface area contributed by atoms with Crippen LogP contribution in [-0.2, 0) is 6.54 Å². The predicted octanol–water partition coefficient (Wildman–Crippen LogP) is 1.60. The maximum Gasteiger partial charge on any atom is 0.106 e. The molecule has 1 aliphatic rings. The minimum Gasteiger partial charge on any atom is -0.332 e. The van der Waals surface area contributed by atoms with Crippen molar-refractivity contribution in [3.63, 3.8) is 0 Å². The topological polar surface area (TPSA) is 29.9 Å². The van der Waals surface area contributed by atoms with Gasteiger partial charge >= 0.3 is 0 Å². The first-order valence-electron chi connectivity index (χ1n) is 5.42. The number of imidazole rings is 1. The van der Waals surface area contributed by atoms with Gasteiger partial charge in [0.05, 0.1) is 5.69 Å². The molecule has 3 nitrogen and oxygen atoms in total. The summed E-state index contributed by atoms with van der Waals surface area (Å²) in [5.74, 6) is 1.84. The largest absolute Gasteiger partial charge is 0.332 e. The summed E-state index contributed by atoms with van der Waals surface area (Å²) in [7, 11) is 2.03. The number of nitrogens with one attached hydrogen (secondary N) is 1. The SMILES string of the molecule is CNCC1CCCn2c(C)nc(C)c21. The van der Waals surface area contributed by atoms with Gasteiger partial charge in [-0.25, -0.2) is 4.98 Å². The zero-order valence-corrected chi connectivity index (χ0v) is 9.30. The van der Waals surface area contributed by atoms with Crippen LogP contribution in [0.1, 0.15) is 36.0 Å². The molecular weight excluding hydrogens is 174 g/mol. The summed E-state index contributed by atoms with van der Waals surface area (Å²) >= 11 is 0. The number of rotatable bonds is 2. The predicted molar refractivity (Wildman–Crippen MR) is 57.6 cm³/mol. The van der Waals surface area contributed by atoms with Crippen LogP contribution in [0.2, 0.25) is 0 Å². The summed E-state index contributed by atoms with van der Waals surface area (Å²) in [6.07, 6.45) is 2.59. The molecule has 0 aliphatic carbocycles. The molecule has 0 amide bonds. The van der Waals surface area contributed by atoms with Crippen LogP contribution in [0.4, 0.5) is 0 Å². The van der Waals surface area contributed by atoms with Crippen LogP contribution in [0.15, 0.2) is 0 Å². The second-order valence-electron chi connectivity index (χ2n) is 4.18. The third kappa shape index (κ3) is 1.46. The van der Waals surface area contributed by atoms with E-state index in [1.54, 1.807) is 0 Å². The van der Waals surface area contributed by atoms with E-state index in [2.05, 4.69) is 28.7 Å². The van der Waals surface area contributed by atoms with E-state index in [9.17, 15) is 0 Å². The van der Waals surface area contributed by atoms with Gasteiger partial charge in [-0.3, -0.25) is 0 Å². The van der Waals surface area contributed by atoms with Gasteiger partial charge in [-0.1, -0.05) is 0 Å². The first-order valence-corrected chi connectivity index (χ1v) is 5.42. The highest BCUT2D eigenvalue weighted by atomic mass is 15.1. The van der Waals surface area contributed by atoms with Crippen molar-refractivity contribution in [2.45, 2.75) is 39.2 Å². The number of hydrogen-bond donors (Lipinski definition) is 1. The number of aromatic nitrogens is 2. The molecule has 1 N–H and O–H groups in total. The van der Waals surface area contributed by atoms with E-state index in [1.807, 2.05) is 7.05 Å². The van der Waals surface area contributed by atoms with Crippen LogP contribution in [0, 0.1) is 13.8 Å². The fourth-order valence-electron chi connectivity index (χ4n) is 2.61. The normalized spacial score (nSPS) is 20.9. The monoisotopic (exact) mass is 193 g/mol. The molecule has 0 spiro atoms. The Labute approximate surface area is 85.5 Å². The Balaban J connectivity index is 2.37. The molecule has 2 rings (SSSR count). The maximum absolute atomic E-state index is 4.56. The van der Waals surface area contributed by atoms with Crippen molar-refractivity contribution in [2.24, 2.45) is 0 Å². The Bertz CT molecular complexity index is 328. The molecule has 1 aliphatic heterocycles. The molecule has 2 heterocycles. The van der Waals surface area contributed by atoms with Crippen molar-refractivity contribution in [3.8, 4) is 0 Å². The van der Waals surface area contributed by atoms with Gasteiger partial charge in [-0.2, -0.15) is 0 Å². The lowest BCUT2D eigenvalue weighted by Crippen LogP contribution is -2.24. The van der Waals surface area contributed by atoms with Gasteiger partial charge in [-0.05, 0) is 33.7 Å². The van der Waals surface area contributed by atoms with Gasteiger partial charge in [0.15, 0.2) is 0 Å². The Morgan fingerprint density at radius 3 is 3.00 bits per heavy atom. The Morgan fingerprint density at radius 2 is 2.29 bits per heavy atom. The minimum absolute atomic E-state index is 0.662. The molecule has 14 heavy (non-hydrogen) atoms. The van der Waals surface area contributed by atoms with Crippen LogP contribution in [-0.4, -0.2) is 23.1 Å². The van der Waals surface area contributed by atoms with Crippen molar-refractivity contribution in [1.82, 2.24) is 14.9 Å². The van der Waals surface area contributed by atoms with Crippen LogP contribution < -0.4 is 5.32 Å². The zero-order valence-electron chi connectivity index (χ0n) is 9.30. The summed E-state index contributed by atoms with van der Waals surface area (Å²) in [6.45, 7) is 6.47. The fraction of sp³-hybridized carbons (Fsp3) is 0.727. The average Bonchev–Trinajstić information content (AvgIpc) is 2.44. The van der Waals surface area contributed by atoms with E-state index < -0.39 is 0 Å². The molecular formula is C11H19N3. The van der Waals surface area contributed by atoms with E-state index in [0.717, 1.165) is 13.1 Å². The Hall–Kier alpha value is -0.830. The summed E-state index contributed by atoms with van der Waals surface area (Å²) in [5, 5.41) is 3.27. The lowest BCUT2D eigenvalue weighted by Gasteiger charge is -2.25. The highest BCUT2D eigenvalue weighted by Crippen LogP contribution is 2.29. The second-order valence-corrected chi connectivity index (χ2v) is 4.18. The van der Waals surface area contributed by atoms with Gasteiger partial charge in [0.25, 0.3) is 0 Å². The molecule has 78 valence electrons. The number of nitrogens with zero attached hydrogens (tertiary/aromatic N) is 2. The average molecular weight is 193 g/mol. The fourth-order valence-corrected chi connectivity index (χ4v) is 2.61. The molecule has 0 fully saturated rings. The molecule has 3 heteroatoms. The van der Waals surface area contributed by atoms with Crippen molar-refractivity contribution >= 4 is 0 Å². The Morgan fingerprint density at radius 1 is 1.50 bits per heavy atom. The van der Waals surface area contributed by atoms with Crippen LogP contribution >= 0.6 is 0 Å². The Kier molecular flexibility index (Phi) is 2.59. The van der Waals surface area contributed by atoms with Gasteiger partial charge in [0.1, 0.15) is 5.82 Å². The van der Waals surface area contributed by atoms with E-state index in [0.29, 0.717) is 5.92 Å². The van der Waals surface area contributed by atoms with E-state index in [-0.39, 0.29) is 0 Å². The summed E-state index contributed by atoms with van der Waals surface area (Å²) < 4.78 is 2.39. The molecule has 1 unspecified atom stereocenters. The van der Waals surface area contributed by atoms with E-state index in [4.69, 9.17) is 0 Å². The molecule has 0 saturated carbocycles.